The first-order valence-electron chi connectivity index (χ1n) is 15.0. The van der Waals surface area contributed by atoms with Gasteiger partial charge in [-0.3, -0.25) is 14.8 Å². The highest BCUT2D eigenvalue weighted by Gasteiger charge is 2.22. The first kappa shape index (κ1) is 31.1. The number of Topliss-reactive ketones (excluding diaryl/α,β-unsaturated/α-hetero) is 1. The number of hydrogen-bond donors (Lipinski definition) is 1. The highest BCUT2D eigenvalue weighted by Crippen LogP contribution is 2.37. The van der Waals surface area contributed by atoms with Gasteiger partial charge in [-0.05, 0) is 62.8 Å². The molecule has 0 unspecified atom stereocenters. The van der Waals surface area contributed by atoms with Crippen LogP contribution in [0.3, 0.4) is 0 Å². The highest BCUT2D eigenvalue weighted by atomic mass is 16.5. The fourth-order valence-corrected chi connectivity index (χ4v) is 5.70. The Hall–Kier alpha value is -4.31. The van der Waals surface area contributed by atoms with Crippen molar-refractivity contribution in [2.45, 2.75) is 69.6 Å². The molecule has 2 saturated carbocycles. The Morgan fingerprint density at radius 3 is 1.43 bits per heavy atom. The summed E-state index contributed by atoms with van der Waals surface area (Å²) in [6.45, 7) is 0. The average Bonchev–Trinajstić information content (AvgIpc) is 3.06. The molecule has 0 spiro atoms. The number of carbonyl (C=O) groups excluding carboxylic acids is 1. The molecule has 10 nitrogen and oxygen atoms in total. The van der Waals surface area contributed by atoms with Crippen LogP contribution in [0.2, 0.25) is 0 Å². The molecule has 0 atom stereocenters. The van der Waals surface area contributed by atoms with Gasteiger partial charge in [0.1, 0.15) is 17.3 Å². The summed E-state index contributed by atoms with van der Waals surface area (Å²) in [5.74, 6) is 4.57. The number of ketones is 1. The predicted molar refractivity (Wildman–Crippen MR) is 168 cm³/mol. The van der Waals surface area contributed by atoms with Crippen molar-refractivity contribution in [2.24, 2.45) is 5.73 Å². The lowest BCUT2D eigenvalue weighted by atomic mass is 9.93. The zero-order valence-electron chi connectivity index (χ0n) is 25.8. The Labute approximate surface area is 257 Å². The number of nitrogens with two attached hydrogens (primary N) is 1. The number of nitrogens with zero attached hydrogens (tertiary/aromatic N) is 2. The molecule has 44 heavy (non-hydrogen) atoms. The van der Waals surface area contributed by atoms with Gasteiger partial charge in [0.2, 0.25) is 0 Å². The van der Waals surface area contributed by atoms with E-state index in [1.165, 1.54) is 0 Å². The predicted octanol–water partition coefficient (Wildman–Crippen LogP) is 6.04. The fraction of sp³-hybridized carbons (Fsp3) is 0.441. The van der Waals surface area contributed by atoms with Crippen LogP contribution < -0.4 is 34.2 Å². The van der Waals surface area contributed by atoms with Crippen LogP contribution in [0, 0.1) is 0 Å². The molecule has 2 aromatic carbocycles. The lowest BCUT2D eigenvalue weighted by Crippen LogP contribution is -2.31. The molecule has 2 aliphatic rings. The number of carbonyl (C=O) groups is 1. The lowest BCUT2D eigenvalue weighted by Gasteiger charge is -2.27. The van der Waals surface area contributed by atoms with Crippen molar-refractivity contribution < 1.29 is 33.2 Å². The Morgan fingerprint density at radius 2 is 1.00 bits per heavy atom. The molecular formula is C34H41N3O7. The number of aromatic nitrogens is 2. The maximum absolute atomic E-state index is 11.3. The molecule has 2 aromatic heterocycles. The second kappa shape index (κ2) is 14.4. The largest absolute Gasteiger partial charge is 0.493 e. The van der Waals surface area contributed by atoms with Crippen LogP contribution in [-0.2, 0) is 4.79 Å². The van der Waals surface area contributed by atoms with Crippen LogP contribution in [-0.4, -0.2) is 62.4 Å². The van der Waals surface area contributed by atoms with E-state index in [4.69, 9.17) is 34.2 Å². The standard InChI is InChI=1S/C17H22N2O3.C17H19NO4/c1-20-16-9-13-14(10-17(16)21-2)19-8-7-15(13)22-12-5-3-11(18)4-6-12;1-20-16-9-13-14(10-17(16)21-2)18-8-7-15(13)22-12-5-3-11(19)4-6-12/h7-12H,3-6,18H2,1-2H3;7-10,12H,3-6H2,1-2H3. The van der Waals surface area contributed by atoms with Gasteiger partial charge in [-0.1, -0.05) is 0 Å². The van der Waals surface area contributed by atoms with Gasteiger partial charge in [0.15, 0.2) is 23.0 Å². The molecule has 4 aromatic rings. The van der Waals surface area contributed by atoms with Gasteiger partial charge in [0.05, 0.1) is 51.7 Å². The second-order valence-electron chi connectivity index (χ2n) is 11.1. The Bertz CT molecular complexity index is 1580. The van der Waals surface area contributed by atoms with E-state index >= 15 is 0 Å². The van der Waals surface area contributed by atoms with E-state index in [0.717, 1.165) is 71.8 Å². The van der Waals surface area contributed by atoms with E-state index in [2.05, 4.69) is 9.97 Å². The molecule has 10 heteroatoms. The van der Waals surface area contributed by atoms with Gasteiger partial charge in [-0.25, -0.2) is 0 Å². The quantitative estimate of drug-likeness (QED) is 0.255. The van der Waals surface area contributed by atoms with Gasteiger partial charge in [0, 0.05) is 54.2 Å². The minimum Gasteiger partial charge on any atom is -0.493 e. The zero-order valence-corrected chi connectivity index (χ0v) is 25.8. The van der Waals surface area contributed by atoms with Crippen LogP contribution in [0.4, 0.5) is 0 Å². The molecule has 2 fully saturated rings. The summed E-state index contributed by atoms with van der Waals surface area (Å²) in [5.41, 5.74) is 7.58. The van der Waals surface area contributed by atoms with E-state index < -0.39 is 0 Å². The number of hydrogen-bond acceptors (Lipinski definition) is 10. The van der Waals surface area contributed by atoms with E-state index in [1.54, 1.807) is 40.8 Å². The van der Waals surface area contributed by atoms with Crippen LogP contribution in [0.1, 0.15) is 51.4 Å². The molecule has 2 heterocycles. The Morgan fingerprint density at radius 1 is 0.591 bits per heavy atom. The summed E-state index contributed by atoms with van der Waals surface area (Å²) >= 11 is 0. The first-order chi connectivity index (χ1) is 21.4. The van der Waals surface area contributed by atoms with Crippen LogP contribution in [0.25, 0.3) is 21.8 Å². The van der Waals surface area contributed by atoms with Crippen LogP contribution in [0.15, 0.2) is 48.8 Å². The molecule has 6 rings (SSSR count). The van der Waals surface area contributed by atoms with Crippen LogP contribution in [0.5, 0.6) is 34.5 Å². The topological polar surface area (TPSA) is 124 Å². The maximum atomic E-state index is 11.3. The SMILES string of the molecule is COc1cc2nccc(OC3CCC(=O)CC3)c2cc1OC.COc1cc2nccc(OC3CCC(N)CC3)c2cc1OC. The monoisotopic (exact) mass is 603 g/mol. The van der Waals surface area contributed by atoms with E-state index in [9.17, 15) is 4.79 Å². The molecule has 2 N–H and O–H groups in total. The van der Waals surface area contributed by atoms with E-state index in [0.29, 0.717) is 47.7 Å². The summed E-state index contributed by atoms with van der Waals surface area (Å²) in [6, 6.07) is 11.6. The van der Waals surface area contributed by atoms with E-state index in [1.807, 2.05) is 36.4 Å². The lowest BCUT2D eigenvalue weighted by molar-refractivity contribution is -0.121. The third-order valence-electron chi connectivity index (χ3n) is 8.21. The fourth-order valence-electron chi connectivity index (χ4n) is 5.70. The Balaban J connectivity index is 0.000000175. The Kier molecular flexibility index (Phi) is 10.2. The second-order valence-corrected chi connectivity index (χ2v) is 11.1. The normalized spacial score (nSPS) is 18.7. The average molecular weight is 604 g/mol. The van der Waals surface area contributed by atoms with Gasteiger partial charge in [-0.2, -0.15) is 0 Å². The van der Waals surface area contributed by atoms with Crippen molar-refractivity contribution in [2.75, 3.05) is 28.4 Å². The summed E-state index contributed by atoms with van der Waals surface area (Å²) in [7, 11) is 6.45. The highest BCUT2D eigenvalue weighted by molar-refractivity contribution is 5.89. The molecule has 0 amide bonds. The number of rotatable bonds is 8. The summed E-state index contributed by atoms with van der Waals surface area (Å²) in [6.07, 6.45) is 10.6. The van der Waals surface area contributed by atoms with Gasteiger partial charge in [-0.15, -0.1) is 0 Å². The molecule has 234 valence electrons. The minimum atomic E-state index is 0.0800. The van der Waals surface area contributed by atoms with Gasteiger partial charge < -0.3 is 34.2 Å². The van der Waals surface area contributed by atoms with Crippen molar-refractivity contribution in [1.82, 2.24) is 9.97 Å². The molecular weight excluding hydrogens is 562 g/mol. The summed E-state index contributed by atoms with van der Waals surface area (Å²) in [5, 5.41) is 1.83. The third kappa shape index (κ3) is 7.24. The van der Waals surface area contributed by atoms with Crippen molar-refractivity contribution >= 4 is 27.6 Å². The van der Waals surface area contributed by atoms with E-state index in [-0.39, 0.29) is 12.2 Å². The first-order valence-corrected chi connectivity index (χ1v) is 15.0. The molecule has 2 aliphatic carbocycles. The number of fused-ring (bicyclic) bond motifs is 2. The number of benzene rings is 2. The molecule has 0 bridgehead atoms. The van der Waals surface area contributed by atoms with Gasteiger partial charge in [0.25, 0.3) is 0 Å². The third-order valence-corrected chi connectivity index (χ3v) is 8.21. The van der Waals surface area contributed by atoms with Crippen LogP contribution >= 0.6 is 0 Å². The molecule has 0 saturated heterocycles. The maximum Gasteiger partial charge on any atom is 0.162 e. The molecule has 0 aliphatic heterocycles. The number of methoxy groups -OCH3 is 4. The summed E-state index contributed by atoms with van der Waals surface area (Å²) < 4.78 is 33.7. The smallest absolute Gasteiger partial charge is 0.162 e. The van der Waals surface area contributed by atoms with Crippen molar-refractivity contribution in [3.63, 3.8) is 0 Å². The van der Waals surface area contributed by atoms with Crippen molar-refractivity contribution in [1.29, 1.82) is 0 Å². The number of ether oxygens (including phenoxy) is 6. The summed E-state index contributed by atoms with van der Waals surface area (Å²) in [4.78, 5) is 20.1. The molecule has 0 radical (unpaired) electrons. The number of pyridine rings is 2. The zero-order chi connectivity index (χ0) is 31.1. The minimum absolute atomic E-state index is 0.0800. The van der Waals surface area contributed by atoms with Gasteiger partial charge >= 0.3 is 0 Å². The van der Waals surface area contributed by atoms with Crippen molar-refractivity contribution in [3.05, 3.63) is 48.8 Å². The van der Waals surface area contributed by atoms with Crippen molar-refractivity contribution in [3.8, 4) is 34.5 Å².